The largest absolute Gasteiger partial charge is 0.396 e. The van der Waals surface area contributed by atoms with E-state index in [0.29, 0.717) is 11.5 Å². The first-order chi connectivity index (χ1) is 14.1. The van der Waals surface area contributed by atoms with Gasteiger partial charge in [-0.1, -0.05) is 91.8 Å². The van der Waals surface area contributed by atoms with Crippen molar-refractivity contribution in [2.24, 2.45) is 11.8 Å². The van der Waals surface area contributed by atoms with Crippen molar-refractivity contribution in [1.29, 1.82) is 0 Å². The smallest absolute Gasteiger partial charge is 0.122 e. The normalized spacial score (nSPS) is 15.7. The number of benzene rings is 2. The van der Waals surface area contributed by atoms with E-state index in [-0.39, 0.29) is 17.3 Å². The van der Waals surface area contributed by atoms with Crippen LogP contribution in [-0.2, 0) is 10.8 Å². The van der Waals surface area contributed by atoms with Crippen LogP contribution >= 0.6 is 0 Å². The Morgan fingerprint density at radius 1 is 0.900 bits per heavy atom. The van der Waals surface area contributed by atoms with E-state index in [4.69, 9.17) is 0 Å². The van der Waals surface area contributed by atoms with Crippen LogP contribution in [0.5, 0.6) is 0 Å². The van der Waals surface area contributed by atoms with Gasteiger partial charge in [-0.2, -0.15) is 0 Å². The summed E-state index contributed by atoms with van der Waals surface area (Å²) >= 11 is 0. The summed E-state index contributed by atoms with van der Waals surface area (Å²) in [6.07, 6.45) is 1.05. The van der Waals surface area contributed by atoms with Gasteiger partial charge in [-0.3, -0.25) is 4.21 Å². The van der Waals surface area contributed by atoms with Crippen molar-refractivity contribution in [3.63, 3.8) is 0 Å². The van der Waals surface area contributed by atoms with Crippen LogP contribution in [0.15, 0.2) is 60.7 Å². The average Bonchev–Trinajstić information content (AvgIpc) is 2.71. The van der Waals surface area contributed by atoms with E-state index in [2.05, 4.69) is 102 Å². The molecule has 2 rings (SSSR count). The zero-order valence-electron chi connectivity index (χ0n) is 19.6. The standard InChI is InChI=1S/C26H40O2SSi/c1-21(2)17-25(19-29(28)26(4,5)6)30(20-22(3)18-27,23-13-9-7-10-14-23)24-15-11-8-12-16-24/h7-16,21-22,25,27H,17-20H2,1-6H3/t22-,25+,29?/m0/s1. The summed E-state index contributed by atoms with van der Waals surface area (Å²) in [6.45, 7) is 13.1. The first-order valence-corrected chi connectivity index (χ1v) is 14.8. The van der Waals surface area contributed by atoms with Crippen molar-refractivity contribution < 1.29 is 9.32 Å². The lowest BCUT2D eigenvalue weighted by Crippen LogP contribution is -2.63. The average molecular weight is 445 g/mol. The second-order valence-corrected chi connectivity index (χ2v) is 16.7. The van der Waals surface area contributed by atoms with Gasteiger partial charge in [0, 0.05) is 27.9 Å². The molecule has 2 aromatic carbocycles. The van der Waals surface area contributed by atoms with Crippen molar-refractivity contribution >= 4 is 29.2 Å². The third kappa shape index (κ3) is 6.15. The summed E-state index contributed by atoms with van der Waals surface area (Å²) in [5.41, 5.74) is 0.344. The highest BCUT2D eigenvalue weighted by Gasteiger charge is 2.46. The second kappa shape index (κ2) is 10.9. The molecule has 0 spiro atoms. The highest BCUT2D eigenvalue weighted by atomic mass is 32.2. The van der Waals surface area contributed by atoms with Crippen LogP contribution in [0, 0.1) is 11.8 Å². The summed E-state index contributed by atoms with van der Waals surface area (Å²) in [6, 6.07) is 22.8. The van der Waals surface area contributed by atoms with Gasteiger partial charge in [-0.25, -0.2) is 0 Å². The third-order valence-electron chi connectivity index (χ3n) is 6.05. The van der Waals surface area contributed by atoms with Gasteiger partial charge in [0.15, 0.2) is 0 Å². The Kier molecular flexibility index (Phi) is 9.08. The Balaban J connectivity index is 2.75. The van der Waals surface area contributed by atoms with Gasteiger partial charge in [0.05, 0.1) is 0 Å². The highest BCUT2D eigenvalue weighted by Crippen LogP contribution is 2.36. The van der Waals surface area contributed by atoms with Crippen LogP contribution < -0.4 is 10.4 Å². The van der Waals surface area contributed by atoms with Crippen molar-refractivity contribution in [1.82, 2.24) is 0 Å². The first kappa shape index (κ1) is 25.0. The molecule has 0 radical (unpaired) electrons. The summed E-state index contributed by atoms with van der Waals surface area (Å²) in [5.74, 6) is 1.45. The van der Waals surface area contributed by atoms with Crippen LogP contribution in [-0.4, -0.2) is 34.5 Å². The topological polar surface area (TPSA) is 37.3 Å². The van der Waals surface area contributed by atoms with E-state index < -0.39 is 18.9 Å². The van der Waals surface area contributed by atoms with Crippen LogP contribution in [0.4, 0.5) is 0 Å². The fraction of sp³-hybridized carbons (Fsp3) is 0.538. The molecule has 2 nitrogen and oxygen atoms in total. The Morgan fingerprint density at radius 2 is 1.37 bits per heavy atom. The summed E-state index contributed by atoms with van der Waals surface area (Å²) in [7, 11) is -3.24. The van der Waals surface area contributed by atoms with E-state index >= 15 is 0 Å². The molecule has 0 bridgehead atoms. The van der Waals surface area contributed by atoms with E-state index in [1.165, 1.54) is 10.4 Å². The van der Waals surface area contributed by atoms with Gasteiger partial charge >= 0.3 is 0 Å². The third-order valence-corrected chi connectivity index (χ3v) is 14.3. The number of rotatable bonds is 10. The molecule has 2 aromatic rings. The summed E-state index contributed by atoms with van der Waals surface area (Å²) in [5, 5.41) is 12.8. The fourth-order valence-corrected chi connectivity index (χ4v) is 12.9. The molecule has 4 heteroatoms. The molecule has 0 aliphatic heterocycles. The van der Waals surface area contributed by atoms with Gasteiger partial charge in [0.1, 0.15) is 8.07 Å². The fourth-order valence-electron chi connectivity index (χ4n) is 4.54. The van der Waals surface area contributed by atoms with E-state index in [9.17, 15) is 9.32 Å². The second-order valence-electron chi connectivity index (χ2n) is 10.1. The maximum atomic E-state index is 13.4. The van der Waals surface area contributed by atoms with Crippen LogP contribution in [0.2, 0.25) is 11.6 Å². The van der Waals surface area contributed by atoms with Crippen molar-refractivity contribution in [2.75, 3.05) is 12.4 Å². The van der Waals surface area contributed by atoms with Crippen LogP contribution in [0.1, 0.15) is 48.0 Å². The Hall–Kier alpha value is -1.23. The van der Waals surface area contributed by atoms with E-state index in [1.54, 1.807) is 0 Å². The maximum absolute atomic E-state index is 13.4. The van der Waals surface area contributed by atoms with E-state index in [1.807, 2.05) is 0 Å². The minimum absolute atomic E-state index is 0.186. The molecule has 0 saturated carbocycles. The zero-order valence-corrected chi connectivity index (χ0v) is 21.4. The first-order valence-electron chi connectivity index (χ1n) is 11.2. The predicted molar refractivity (Wildman–Crippen MR) is 135 cm³/mol. The molecule has 0 aromatic heterocycles. The monoisotopic (exact) mass is 444 g/mol. The number of hydrogen-bond acceptors (Lipinski definition) is 2. The van der Waals surface area contributed by atoms with Crippen LogP contribution in [0.25, 0.3) is 0 Å². The summed E-state index contributed by atoms with van der Waals surface area (Å²) in [4.78, 5) is 0. The number of aliphatic hydroxyl groups is 1. The van der Waals surface area contributed by atoms with E-state index in [0.717, 1.165) is 18.2 Å². The molecule has 166 valence electrons. The summed E-state index contributed by atoms with van der Waals surface area (Å²) < 4.78 is 13.2. The lowest BCUT2D eigenvalue weighted by molar-refractivity contribution is 0.247. The predicted octanol–water partition coefficient (Wildman–Crippen LogP) is 4.84. The lowest BCUT2D eigenvalue weighted by atomic mass is 10.1. The molecule has 0 aliphatic carbocycles. The number of aliphatic hydroxyl groups excluding tert-OH is 1. The van der Waals surface area contributed by atoms with Crippen molar-refractivity contribution in [3.05, 3.63) is 60.7 Å². The zero-order chi connectivity index (χ0) is 22.4. The lowest BCUT2D eigenvalue weighted by Gasteiger charge is -2.43. The van der Waals surface area contributed by atoms with Gasteiger partial charge in [-0.15, -0.1) is 0 Å². The van der Waals surface area contributed by atoms with Gasteiger partial charge in [0.25, 0.3) is 0 Å². The molecule has 30 heavy (non-hydrogen) atoms. The maximum Gasteiger partial charge on any atom is 0.122 e. The SMILES string of the molecule is CC(C)C[C@H](CS(=O)C(C)(C)C)[Si](C[C@@H](C)CO)(c1ccccc1)c1ccccc1. The minimum Gasteiger partial charge on any atom is -0.396 e. The molecular formula is C26H40O2SSi. The molecule has 1 N–H and O–H groups in total. The van der Waals surface area contributed by atoms with Crippen LogP contribution in [0.3, 0.4) is 0 Å². The Morgan fingerprint density at radius 3 is 1.73 bits per heavy atom. The Labute approximate surface area is 187 Å². The van der Waals surface area contributed by atoms with Gasteiger partial charge < -0.3 is 5.11 Å². The molecule has 0 aliphatic rings. The van der Waals surface area contributed by atoms with Gasteiger partial charge in [0.2, 0.25) is 0 Å². The molecule has 0 fully saturated rings. The molecule has 0 amide bonds. The molecule has 1 unspecified atom stereocenters. The molecule has 0 heterocycles. The Bertz CT molecular complexity index is 744. The highest BCUT2D eigenvalue weighted by molar-refractivity contribution is 7.86. The number of hydrogen-bond donors (Lipinski definition) is 1. The quantitative estimate of drug-likeness (QED) is 0.532. The minimum atomic E-state index is -2.32. The van der Waals surface area contributed by atoms with Crippen molar-refractivity contribution in [3.8, 4) is 0 Å². The van der Waals surface area contributed by atoms with Gasteiger partial charge in [-0.05, 0) is 50.6 Å². The molecular weight excluding hydrogens is 404 g/mol. The van der Waals surface area contributed by atoms with Crippen molar-refractivity contribution in [2.45, 2.75) is 64.3 Å². The molecule has 3 atom stereocenters. The molecule has 0 saturated heterocycles.